The van der Waals surface area contributed by atoms with Crippen molar-refractivity contribution >= 4 is 17.7 Å². The number of aromatic carboxylic acids is 1. The van der Waals surface area contributed by atoms with E-state index in [9.17, 15) is 22.4 Å². The van der Waals surface area contributed by atoms with Gasteiger partial charge >= 0.3 is 11.5 Å². The largest absolute Gasteiger partial charge is 0.478 e. The second-order valence-corrected chi connectivity index (χ2v) is 3.60. The van der Waals surface area contributed by atoms with Crippen LogP contribution in [0.3, 0.4) is 0 Å². The fourth-order valence-electron chi connectivity index (χ4n) is 0.882. The van der Waals surface area contributed by atoms with Crippen molar-refractivity contribution in [1.29, 1.82) is 0 Å². The summed E-state index contributed by atoms with van der Waals surface area (Å²) in [6.07, 6.45) is 0. The van der Waals surface area contributed by atoms with Crippen molar-refractivity contribution in [3.63, 3.8) is 0 Å². The van der Waals surface area contributed by atoms with Crippen molar-refractivity contribution in [2.24, 2.45) is 0 Å². The Morgan fingerprint density at radius 1 is 1.33 bits per heavy atom. The third kappa shape index (κ3) is 3.43. The van der Waals surface area contributed by atoms with Gasteiger partial charge in [0.15, 0.2) is 0 Å². The van der Waals surface area contributed by atoms with Crippen LogP contribution >= 0.6 is 11.8 Å². The normalized spacial score (nSPS) is 11.5. The van der Waals surface area contributed by atoms with Crippen molar-refractivity contribution < 1.29 is 27.5 Å². The van der Waals surface area contributed by atoms with E-state index in [1.54, 1.807) is 0 Å². The van der Waals surface area contributed by atoms with Gasteiger partial charge in [0.05, 0.1) is 5.56 Å². The number of benzene rings is 1. The second-order valence-electron chi connectivity index (χ2n) is 2.49. The van der Waals surface area contributed by atoms with Gasteiger partial charge in [0, 0.05) is 4.90 Å². The maximum absolute atomic E-state index is 12.6. The first-order valence-electron chi connectivity index (χ1n) is 3.58. The lowest BCUT2D eigenvalue weighted by molar-refractivity contribution is -0.0328. The van der Waals surface area contributed by atoms with E-state index in [4.69, 9.17) is 5.11 Å². The lowest BCUT2D eigenvalue weighted by Gasteiger charge is -2.08. The molecule has 0 aliphatic rings. The molecule has 1 aromatic rings. The van der Waals surface area contributed by atoms with Crippen LogP contribution in [0.5, 0.6) is 0 Å². The Bertz CT molecular complexity index is 389. The van der Waals surface area contributed by atoms with Gasteiger partial charge in [-0.1, -0.05) is 0 Å². The van der Waals surface area contributed by atoms with E-state index >= 15 is 0 Å². The summed E-state index contributed by atoms with van der Waals surface area (Å²) < 4.78 is 48.5. The monoisotopic (exact) mass is 240 g/mol. The molecule has 0 radical (unpaired) electrons. The van der Waals surface area contributed by atoms with Crippen LogP contribution in [-0.2, 0) is 0 Å². The topological polar surface area (TPSA) is 37.3 Å². The van der Waals surface area contributed by atoms with Gasteiger partial charge < -0.3 is 5.11 Å². The molecule has 1 aromatic carbocycles. The molecule has 0 amide bonds. The van der Waals surface area contributed by atoms with E-state index in [2.05, 4.69) is 0 Å². The summed E-state index contributed by atoms with van der Waals surface area (Å²) >= 11 is -0.651. The molecular weight excluding hydrogens is 236 g/mol. The molecule has 2 nitrogen and oxygen atoms in total. The molecular formula is C8H4F4O2S. The fourth-order valence-corrected chi connectivity index (χ4v) is 1.57. The lowest BCUT2D eigenvalue weighted by atomic mass is 10.2. The molecule has 1 rings (SSSR count). The Labute approximate surface area is 85.9 Å². The molecule has 15 heavy (non-hydrogen) atoms. The first-order chi connectivity index (χ1) is 6.79. The standard InChI is InChI=1S/C8H4F4O2S/c9-4-1-2-5(7(13)14)6(3-4)15-8(10,11)12/h1-3H,(H,13,14). The minimum atomic E-state index is -4.64. The molecule has 0 aliphatic heterocycles. The number of alkyl halides is 3. The molecule has 0 bridgehead atoms. The Balaban J connectivity index is 3.13. The first-order valence-corrected chi connectivity index (χ1v) is 4.40. The van der Waals surface area contributed by atoms with Crippen LogP contribution in [0, 0.1) is 5.82 Å². The molecule has 0 atom stereocenters. The second kappa shape index (κ2) is 4.09. The molecule has 0 saturated carbocycles. The van der Waals surface area contributed by atoms with Gasteiger partial charge in [-0.25, -0.2) is 9.18 Å². The number of hydrogen-bond donors (Lipinski definition) is 1. The number of thioether (sulfide) groups is 1. The maximum Gasteiger partial charge on any atom is 0.446 e. The van der Waals surface area contributed by atoms with E-state index in [0.29, 0.717) is 6.07 Å². The molecule has 0 aromatic heterocycles. The quantitative estimate of drug-likeness (QED) is 0.637. The highest BCUT2D eigenvalue weighted by atomic mass is 32.2. The van der Waals surface area contributed by atoms with Crippen LogP contribution in [0.1, 0.15) is 10.4 Å². The van der Waals surface area contributed by atoms with Gasteiger partial charge in [0.25, 0.3) is 0 Å². The molecule has 0 fully saturated rings. The summed E-state index contributed by atoms with van der Waals surface area (Å²) in [4.78, 5) is 9.86. The SMILES string of the molecule is O=C(O)c1ccc(F)cc1SC(F)(F)F. The van der Waals surface area contributed by atoms with Gasteiger partial charge in [-0.3, -0.25) is 0 Å². The van der Waals surface area contributed by atoms with E-state index in [1.807, 2.05) is 0 Å². The summed E-state index contributed by atoms with van der Waals surface area (Å²) in [6.45, 7) is 0. The minimum absolute atomic E-state index is 0.543. The summed E-state index contributed by atoms with van der Waals surface area (Å²) in [5.74, 6) is -2.44. The number of carboxylic acids is 1. The van der Waals surface area contributed by atoms with Crippen molar-refractivity contribution in [3.8, 4) is 0 Å². The molecule has 0 heterocycles. The van der Waals surface area contributed by atoms with Gasteiger partial charge in [-0.05, 0) is 30.0 Å². The molecule has 0 saturated heterocycles. The third-order valence-electron chi connectivity index (χ3n) is 1.40. The van der Waals surface area contributed by atoms with Crippen LogP contribution in [0.25, 0.3) is 0 Å². The lowest BCUT2D eigenvalue weighted by Crippen LogP contribution is -2.05. The Hall–Kier alpha value is -1.24. The van der Waals surface area contributed by atoms with Crippen molar-refractivity contribution in [3.05, 3.63) is 29.6 Å². The molecule has 1 N–H and O–H groups in total. The third-order valence-corrected chi connectivity index (χ3v) is 2.19. The van der Waals surface area contributed by atoms with Gasteiger partial charge in [0.1, 0.15) is 5.82 Å². The number of hydrogen-bond acceptors (Lipinski definition) is 2. The summed E-state index contributed by atoms with van der Waals surface area (Å²) in [7, 11) is 0. The Morgan fingerprint density at radius 3 is 2.40 bits per heavy atom. The minimum Gasteiger partial charge on any atom is -0.478 e. The van der Waals surface area contributed by atoms with Crippen LogP contribution in [0.4, 0.5) is 17.6 Å². The van der Waals surface area contributed by atoms with E-state index < -0.39 is 39.5 Å². The zero-order valence-electron chi connectivity index (χ0n) is 7.01. The van der Waals surface area contributed by atoms with Crippen molar-refractivity contribution in [2.75, 3.05) is 0 Å². The molecule has 82 valence electrons. The molecule has 7 heteroatoms. The van der Waals surface area contributed by atoms with E-state index in [0.717, 1.165) is 12.1 Å². The fraction of sp³-hybridized carbons (Fsp3) is 0.125. The highest BCUT2D eigenvalue weighted by Crippen LogP contribution is 2.38. The average Bonchev–Trinajstić information content (AvgIpc) is 1.99. The van der Waals surface area contributed by atoms with Crippen LogP contribution in [0.2, 0.25) is 0 Å². The van der Waals surface area contributed by atoms with Crippen LogP contribution < -0.4 is 0 Å². The Kier molecular flexibility index (Phi) is 3.23. The zero-order chi connectivity index (χ0) is 11.6. The van der Waals surface area contributed by atoms with Crippen LogP contribution in [0.15, 0.2) is 23.1 Å². The average molecular weight is 240 g/mol. The number of rotatable bonds is 2. The smallest absolute Gasteiger partial charge is 0.446 e. The predicted molar refractivity (Wildman–Crippen MR) is 45.3 cm³/mol. The molecule has 0 aliphatic carbocycles. The highest BCUT2D eigenvalue weighted by Gasteiger charge is 2.31. The van der Waals surface area contributed by atoms with E-state index in [1.165, 1.54) is 0 Å². The van der Waals surface area contributed by atoms with E-state index in [-0.39, 0.29) is 0 Å². The Morgan fingerprint density at radius 2 is 1.93 bits per heavy atom. The number of halogens is 4. The summed E-state index contributed by atoms with van der Waals surface area (Å²) in [5.41, 5.74) is -5.21. The maximum atomic E-state index is 12.6. The summed E-state index contributed by atoms with van der Waals surface area (Å²) in [6, 6.07) is 2.14. The van der Waals surface area contributed by atoms with Crippen molar-refractivity contribution in [2.45, 2.75) is 10.4 Å². The first kappa shape index (κ1) is 11.8. The number of carbonyl (C=O) groups is 1. The molecule has 0 unspecified atom stereocenters. The predicted octanol–water partition coefficient (Wildman–Crippen LogP) is 3.14. The zero-order valence-corrected chi connectivity index (χ0v) is 7.82. The van der Waals surface area contributed by atoms with Gasteiger partial charge in [-0.2, -0.15) is 13.2 Å². The summed E-state index contributed by atoms with van der Waals surface area (Å²) in [5, 5.41) is 8.55. The number of carboxylic acid groups (broad SMARTS) is 1. The molecule has 0 spiro atoms. The van der Waals surface area contributed by atoms with Gasteiger partial charge in [-0.15, -0.1) is 0 Å². The highest BCUT2D eigenvalue weighted by molar-refractivity contribution is 8.00. The van der Waals surface area contributed by atoms with Crippen molar-refractivity contribution in [1.82, 2.24) is 0 Å². The van der Waals surface area contributed by atoms with Gasteiger partial charge in [0.2, 0.25) is 0 Å². The van der Waals surface area contributed by atoms with Crippen LogP contribution in [-0.4, -0.2) is 16.6 Å².